The average Bonchev–Trinajstić information content (AvgIpc) is 2.55. The van der Waals surface area contributed by atoms with Crippen molar-refractivity contribution < 1.29 is 4.79 Å². The molecule has 4 heteroatoms. The lowest BCUT2D eigenvalue weighted by molar-refractivity contribution is -0.125. The van der Waals surface area contributed by atoms with E-state index in [1.165, 1.54) is 12.8 Å². The quantitative estimate of drug-likeness (QED) is 0.767. The molecule has 0 radical (unpaired) electrons. The van der Waals surface area contributed by atoms with Crippen molar-refractivity contribution in [1.29, 1.82) is 0 Å². The monoisotopic (exact) mass is 237 g/mol. The predicted molar refractivity (Wildman–Crippen MR) is 68.8 cm³/mol. The first-order chi connectivity index (χ1) is 8.05. The van der Waals surface area contributed by atoms with Crippen LogP contribution >= 0.6 is 0 Å². The summed E-state index contributed by atoms with van der Waals surface area (Å²) in [5, 5.41) is 6.14. The van der Waals surface area contributed by atoms with Crippen molar-refractivity contribution in [1.82, 2.24) is 10.6 Å². The third-order valence-corrected chi connectivity index (χ3v) is 3.91. The van der Waals surface area contributed by atoms with E-state index >= 15 is 0 Å². The molecule has 1 heterocycles. The number of hydrogen-bond donors (Lipinski definition) is 2. The van der Waals surface area contributed by atoms with Crippen LogP contribution in [-0.2, 0) is 4.79 Å². The molecular formula is C13H23N3O. The molecule has 1 aliphatic carbocycles. The van der Waals surface area contributed by atoms with Crippen molar-refractivity contribution in [2.75, 3.05) is 7.05 Å². The number of aliphatic imine (C=N–C) groups is 1. The molecule has 1 amide bonds. The zero-order chi connectivity index (χ0) is 12.5. The van der Waals surface area contributed by atoms with Gasteiger partial charge in [0.05, 0.1) is 0 Å². The van der Waals surface area contributed by atoms with Crippen molar-refractivity contribution in [2.45, 2.75) is 51.5 Å². The largest absolute Gasteiger partial charge is 0.342 e. The number of carbonyl (C=O) groups excluding carboxylic acids is 1. The standard InChI is InChI=1S/C13H23N3O/c1-9(2)7-10-5-4-6-13(8-10)11(17)15-12(14-3)16-13/h9-10H,4-8H2,1-3H3,(H2,14,15,16,17). The SMILES string of the molecule is CN=C1NC(=O)C2(CCCC(CC(C)C)C2)N1. The summed E-state index contributed by atoms with van der Waals surface area (Å²) in [5.74, 6) is 2.13. The second-order valence-electron chi connectivity index (χ2n) is 5.83. The summed E-state index contributed by atoms with van der Waals surface area (Å²) < 4.78 is 0. The molecule has 17 heavy (non-hydrogen) atoms. The summed E-state index contributed by atoms with van der Waals surface area (Å²) in [6.45, 7) is 4.50. The molecule has 1 aliphatic heterocycles. The van der Waals surface area contributed by atoms with Crippen molar-refractivity contribution in [3.8, 4) is 0 Å². The van der Waals surface area contributed by atoms with Crippen LogP contribution in [0.3, 0.4) is 0 Å². The first-order valence-corrected chi connectivity index (χ1v) is 6.62. The average molecular weight is 237 g/mol. The molecular weight excluding hydrogens is 214 g/mol. The highest BCUT2D eigenvalue weighted by Crippen LogP contribution is 2.37. The first kappa shape index (κ1) is 12.4. The fraction of sp³-hybridized carbons (Fsp3) is 0.846. The Morgan fingerprint density at radius 2 is 2.29 bits per heavy atom. The van der Waals surface area contributed by atoms with E-state index in [1.807, 2.05) is 0 Å². The van der Waals surface area contributed by atoms with E-state index in [9.17, 15) is 4.79 Å². The van der Waals surface area contributed by atoms with Gasteiger partial charge in [-0.1, -0.05) is 26.7 Å². The van der Waals surface area contributed by atoms with Crippen LogP contribution in [0.2, 0.25) is 0 Å². The summed E-state index contributed by atoms with van der Waals surface area (Å²) >= 11 is 0. The lowest BCUT2D eigenvalue weighted by atomic mass is 9.73. The number of nitrogens with one attached hydrogen (secondary N) is 2. The molecule has 96 valence electrons. The molecule has 0 aromatic carbocycles. The lowest BCUT2D eigenvalue weighted by Crippen LogP contribution is -2.50. The van der Waals surface area contributed by atoms with Crippen LogP contribution in [0.4, 0.5) is 0 Å². The molecule has 2 fully saturated rings. The summed E-state index contributed by atoms with van der Waals surface area (Å²) in [6, 6.07) is 0. The normalized spacial score (nSPS) is 35.4. The van der Waals surface area contributed by atoms with E-state index < -0.39 is 0 Å². The van der Waals surface area contributed by atoms with Gasteiger partial charge in [0.15, 0.2) is 5.96 Å². The lowest BCUT2D eigenvalue weighted by Gasteiger charge is -2.36. The van der Waals surface area contributed by atoms with Gasteiger partial charge in [-0.2, -0.15) is 0 Å². The highest BCUT2D eigenvalue weighted by Gasteiger charge is 2.47. The Morgan fingerprint density at radius 1 is 1.53 bits per heavy atom. The Labute approximate surface area is 103 Å². The molecule has 0 aromatic heterocycles. The van der Waals surface area contributed by atoms with Crippen LogP contribution in [0.25, 0.3) is 0 Å². The first-order valence-electron chi connectivity index (χ1n) is 6.62. The minimum Gasteiger partial charge on any atom is -0.342 e. The number of guanidine groups is 1. The van der Waals surface area contributed by atoms with Gasteiger partial charge in [-0.3, -0.25) is 15.1 Å². The zero-order valence-corrected chi connectivity index (χ0v) is 11.0. The number of nitrogens with zero attached hydrogens (tertiary/aromatic N) is 1. The maximum absolute atomic E-state index is 12.1. The minimum absolute atomic E-state index is 0.117. The maximum Gasteiger partial charge on any atom is 0.252 e. The molecule has 1 saturated carbocycles. The fourth-order valence-electron chi connectivity index (χ4n) is 3.23. The smallest absolute Gasteiger partial charge is 0.252 e. The van der Waals surface area contributed by atoms with Gasteiger partial charge < -0.3 is 5.32 Å². The summed E-state index contributed by atoms with van der Waals surface area (Å²) in [5.41, 5.74) is -0.368. The van der Waals surface area contributed by atoms with Gasteiger partial charge in [0, 0.05) is 7.05 Å². The van der Waals surface area contributed by atoms with Crippen LogP contribution in [-0.4, -0.2) is 24.5 Å². The van der Waals surface area contributed by atoms with Crippen LogP contribution in [0.5, 0.6) is 0 Å². The molecule has 4 nitrogen and oxygen atoms in total. The summed E-state index contributed by atoms with van der Waals surface area (Å²) in [7, 11) is 1.70. The van der Waals surface area contributed by atoms with Crippen molar-refractivity contribution in [2.24, 2.45) is 16.8 Å². The molecule has 1 spiro atoms. The second kappa shape index (κ2) is 4.67. The van der Waals surface area contributed by atoms with Crippen LogP contribution in [0, 0.1) is 11.8 Å². The molecule has 2 atom stereocenters. The summed E-state index contributed by atoms with van der Waals surface area (Å²) in [6.07, 6.45) is 5.50. The highest BCUT2D eigenvalue weighted by molar-refractivity contribution is 6.09. The van der Waals surface area contributed by atoms with E-state index in [4.69, 9.17) is 0 Å². The van der Waals surface area contributed by atoms with Gasteiger partial charge in [0.2, 0.25) is 0 Å². The molecule has 2 rings (SSSR count). The van der Waals surface area contributed by atoms with E-state index in [1.54, 1.807) is 7.05 Å². The third-order valence-electron chi connectivity index (χ3n) is 3.91. The highest BCUT2D eigenvalue weighted by atomic mass is 16.2. The minimum atomic E-state index is -0.368. The second-order valence-corrected chi connectivity index (χ2v) is 5.83. The molecule has 1 saturated heterocycles. The molecule has 2 unspecified atom stereocenters. The van der Waals surface area contributed by atoms with E-state index in [0.717, 1.165) is 19.3 Å². The number of rotatable bonds is 2. The van der Waals surface area contributed by atoms with E-state index in [2.05, 4.69) is 29.5 Å². The van der Waals surface area contributed by atoms with Gasteiger partial charge in [-0.25, -0.2) is 0 Å². The van der Waals surface area contributed by atoms with E-state index in [-0.39, 0.29) is 11.4 Å². The Balaban J connectivity index is 2.08. The van der Waals surface area contributed by atoms with E-state index in [0.29, 0.717) is 17.8 Å². The Kier molecular flexibility index (Phi) is 3.40. The molecule has 2 N–H and O–H groups in total. The van der Waals surface area contributed by atoms with Crippen LogP contribution in [0.1, 0.15) is 46.0 Å². The Hall–Kier alpha value is -1.06. The molecule has 2 aliphatic rings. The third kappa shape index (κ3) is 2.45. The van der Waals surface area contributed by atoms with Gasteiger partial charge >= 0.3 is 0 Å². The predicted octanol–water partition coefficient (Wildman–Crippen LogP) is 1.67. The topological polar surface area (TPSA) is 53.5 Å². The number of amides is 1. The van der Waals surface area contributed by atoms with Gasteiger partial charge in [0.25, 0.3) is 5.91 Å². The van der Waals surface area contributed by atoms with Gasteiger partial charge in [0.1, 0.15) is 5.54 Å². The van der Waals surface area contributed by atoms with Crippen molar-refractivity contribution in [3.05, 3.63) is 0 Å². The van der Waals surface area contributed by atoms with Crippen molar-refractivity contribution >= 4 is 11.9 Å². The Morgan fingerprint density at radius 3 is 2.88 bits per heavy atom. The van der Waals surface area contributed by atoms with Gasteiger partial charge in [-0.15, -0.1) is 0 Å². The van der Waals surface area contributed by atoms with Crippen LogP contribution in [0.15, 0.2) is 4.99 Å². The summed E-state index contributed by atoms with van der Waals surface area (Å²) in [4.78, 5) is 16.1. The Bertz CT molecular complexity index is 338. The molecule has 0 bridgehead atoms. The number of hydrogen-bond acceptors (Lipinski definition) is 2. The zero-order valence-electron chi connectivity index (χ0n) is 11.0. The van der Waals surface area contributed by atoms with Crippen molar-refractivity contribution in [3.63, 3.8) is 0 Å². The molecule has 0 aromatic rings. The maximum atomic E-state index is 12.1. The van der Waals surface area contributed by atoms with Gasteiger partial charge in [-0.05, 0) is 31.1 Å². The van der Waals surface area contributed by atoms with Crippen LogP contribution < -0.4 is 10.6 Å². The number of carbonyl (C=O) groups is 1. The fourth-order valence-corrected chi connectivity index (χ4v) is 3.23.